The normalized spacial score (nSPS) is 16.9. The first kappa shape index (κ1) is 24.6. The number of non-ortho nitro benzene ring substituents is 1. The minimum atomic E-state index is -0.979. The number of likely N-dealkylation sites (tertiary alicyclic amines) is 1. The first-order chi connectivity index (χ1) is 17.4. The van der Waals surface area contributed by atoms with E-state index in [9.17, 15) is 24.8 Å². The quantitative estimate of drug-likeness (QED) is 0.149. The lowest BCUT2D eigenvalue weighted by Crippen LogP contribution is -2.31. The average molecular weight is 491 g/mol. The summed E-state index contributed by atoms with van der Waals surface area (Å²) in [6, 6.07) is 11.4. The second kappa shape index (κ2) is 10.9. The highest BCUT2D eigenvalue weighted by atomic mass is 16.6. The molecule has 10 nitrogen and oxygen atoms in total. The van der Waals surface area contributed by atoms with E-state index in [1.165, 1.54) is 23.1 Å². The van der Waals surface area contributed by atoms with Crippen molar-refractivity contribution < 1.29 is 24.4 Å². The molecule has 1 aliphatic rings. The van der Waals surface area contributed by atoms with E-state index in [0.29, 0.717) is 36.4 Å². The Hall–Kier alpha value is -4.47. The second-order valence-electron chi connectivity index (χ2n) is 8.37. The van der Waals surface area contributed by atoms with Crippen LogP contribution in [-0.4, -0.2) is 49.3 Å². The van der Waals surface area contributed by atoms with E-state index in [1.54, 1.807) is 49.1 Å². The van der Waals surface area contributed by atoms with Crippen molar-refractivity contribution in [2.75, 3.05) is 13.2 Å². The van der Waals surface area contributed by atoms with E-state index >= 15 is 0 Å². The zero-order valence-corrected chi connectivity index (χ0v) is 19.7. The van der Waals surface area contributed by atoms with Crippen molar-refractivity contribution in [3.05, 3.63) is 94.1 Å². The standard InChI is InChI=1S/C26H26N4O6/c1-2-14-36-21-9-4-7-19(16-21)24(31)22-23(18-6-3-8-20(15-18)30(34)35)29(26(33)25(22)32)12-5-11-28-13-10-27-17-28/h3-4,6-10,13,15-17,23,31H,2,5,11-12,14H2,1H3/b24-22+. The van der Waals surface area contributed by atoms with E-state index in [2.05, 4.69) is 4.98 Å². The predicted molar refractivity (Wildman–Crippen MR) is 131 cm³/mol. The molecule has 3 aromatic rings. The van der Waals surface area contributed by atoms with Crippen molar-refractivity contribution >= 4 is 23.1 Å². The Kier molecular flexibility index (Phi) is 7.43. The van der Waals surface area contributed by atoms with Gasteiger partial charge in [-0.15, -0.1) is 0 Å². The van der Waals surface area contributed by atoms with Gasteiger partial charge < -0.3 is 19.3 Å². The molecule has 0 bridgehead atoms. The number of imidazole rings is 1. The van der Waals surface area contributed by atoms with Gasteiger partial charge >= 0.3 is 0 Å². The van der Waals surface area contributed by atoms with Crippen LogP contribution in [-0.2, 0) is 16.1 Å². The molecule has 1 saturated heterocycles. The number of nitrogens with zero attached hydrogens (tertiary/aromatic N) is 4. The Morgan fingerprint density at radius 1 is 1.17 bits per heavy atom. The Balaban J connectivity index is 1.75. The van der Waals surface area contributed by atoms with Crippen molar-refractivity contribution in [3.63, 3.8) is 0 Å². The molecular formula is C26H26N4O6. The number of aliphatic hydroxyl groups excluding tert-OH is 1. The average Bonchev–Trinajstić information content (AvgIpc) is 3.49. The zero-order chi connectivity index (χ0) is 25.7. The summed E-state index contributed by atoms with van der Waals surface area (Å²) in [4.78, 5) is 42.5. The van der Waals surface area contributed by atoms with Gasteiger partial charge in [-0.25, -0.2) is 4.98 Å². The van der Waals surface area contributed by atoms with Crippen molar-refractivity contribution in [2.24, 2.45) is 0 Å². The summed E-state index contributed by atoms with van der Waals surface area (Å²) in [6.07, 6.45) is 6.40. The summed E-state index contributed by atoms with van der Waals surface area (Å²) in [5.41, 5.74) is 0.392. The molecule has 2 heterocycles. The molecule has 1 unspecified atom stereocenters. The fourth-order valence-corrected chi connectivity index (χ4v) is 4.22. The summed E-state index contributed by atoms with van der Waals surface area (Å²) in [7, 11) is 0. The van der Waals surface area contributed by atoms with Crippen molar-refractivity contribution in [1.29, 1.82) is 0 Å². The topological polar surface area (TPSA) is 128 Å². The molecule has 2 aromatic carbocycles. The number of aliphatic hydroxyl groups is 1. The third-order valence-electron chi connectivity index (χ3n) is 5.89. The van der Waals surface area contributed by atoms with Crippen LogP contribution in [0.15, 0.2) is 72.8 Å². The van der Waals surface area contributed by atoms with E-state index in [-0.39, 0.29) is 23.6 Å². The number of carbonyl (C=O) groups excluding carboxylic acids is 2. The highest BCUT2D eigenvalue weighted by molar-refractivity contribution is 6.46. The van der Waals surface area contributed by atoms with E-state index < -0.39 is 22.7 Å². The molecule has 10 heteroatoms. The van der Waals surface area contributed by atoms with Crippen LogP contribution < -0.4 is 4.74 Å². The molecule has 1 atom stereocenters. The number of aromatic nitrogens is 2. The van der Waals surface area contributed by atoms with Gasteiger partial charge in [0.25, 0.3) is 17.4 Å². The van der Waals surface area contributed by atoms with Crippen LogP contribution in [0, 0.1) is 10.1 Å². The number of nitro groups is 1. The fourth-order valence-electron chi connectivity index (χ4n) is 4.22. The van der Waals surface area contributed by atoms with Crippen molar-refractivity contribution in [3.8, 4) is 5.75 Å². The van der Waals surface area contributed by atoms with Crippen molar-refractivity contribution in [1.82, 2.24) is 14.5 Å². The molecule has 0 spiro atoms. The lowest BCUT2D eigenvalue weighted by atomic mass is 9.95. The lowest BCUT2D eigenvalue weighted by molar-refractivity contribution is -0.384. The number of benzene rings is 2. The summed E-state index contributed by atoms with van der Waals surface area (Å²) < 4.78 is 7.49. The monoisotopic (exact) mass is 490 g/mol. The number of hydrogen-bond acceptors (Lipinski definition) is 7. The summed E-state index contributed by atoms with van der Waals surface area (Å²) in [5, 5.41) is 22.7. The van der Waals surface area contributed by atoms with Crippen LogP contribution in [0.25, 0.3) is 5.76 Å². The lowest BCUT2D eigenvalue weighted by Gasteiger charge is -2.25. The van der Waals surface area contributed by atoms with Gasteiger partial charge in [0, 0.05) is 43.2 Å². The molecule has 1 amide bonds. The largest absolute Gasteiger partial charge is 0.507 e. The third kappa shape index (κ3) is 5.12. The molecule has 4 rings (SSSR count). The number of hydrogen-bond donors (Lipinski definition) is 1. The molecule has 0 aliphatic carbocycles. The molecule has 36 heavy (non-hydrogen) atoms. The number of ketones is 1. The molecular weight excluding hydrogens is 464 g/mol. The Morgan fingerprint density at radius 2 is 1.97 bits per heavy atom. The van der Waals surface area contributed by atoms with Crippen LogP contribution >= 0.6 is 0 Å². The Labute approximate surface area is 207 Å². The van der Waals surface area contributed by atoms with Crippen LogP contribution in [0.3, 0.4) is 0 Å². The first-order valence-electron chi connectivity index (χ1n) is 11.6. The molecule has 1 aliphatic heterocycles. The van der Waals surface area contributed by atoms with E-state index in [0.717, 1.165) is 6.42 Å². The Morgan fingerprint density at radius 3 is 2.69 bits per heavy atom. The highest BCUT2D eigenvalue weighted by Crippen LogP contribution is 2.40. The number of aryl methyl sites for hydroxylation is 1. The maximum atomic E-state index is 13.2. The molecule has 1 aromatic heterocycles. The maximum absolute atomic E-state index is 13.2. The van der Waals surface area contributed by atoms with Gasteiger partial charge in [-0.05, 0) is 30.5 Å². The Bertz CT molecular complexity index is 1300. The smallest absolute Gasteiger partial charge is 0.295 e. The molecule has 186 valence electrons. The van der Waals surface area contributed by atoms with Crippen LogP contribution in [0.2, 0.25) is 0 Å². The number of carbonyl (C=O) groups is 2. The molecule has 0 saturated carbocycles. The number of nitro benzene ring substituents is 1. The van der Waals surface area contributed by atoms with Gasteiger partial charge in [-0.3, -0.25) is 19.7 Å². The SMILES string of the molecule is CCCOc1cccc(/C(O)=C2\C(=O)C(=O)N(CCCn3ccnc3)C2c2cccc([N+](=O)[O-])c2)c1. The minimum Gasteiger partial charge on any atom is -0.507 e. The third-order valence-corrected chi connectivity index (χ3v) is 5.89. The molecule has 1 fully saturated rings. The van der Waals surface area contributed by atoms with Gasteiger partial charge in [0.2, 0.25) is 0 Å². The van der Waals surface area contributed by atoms with Gasteiger partial charge in [0.1, 0.15) is 11.5 Å². The minimum absolute atomic E-state index is 0.115. The van der Waals surface area contributed by atoms with Crippen LogP contribution in [0.5, 0.6) is 5.75 Å². The summed E-state index contributed by atoms with van der Waals surface area (Å²) in [5.74, 6) is -1.45. The zero-order valence-electron chi connectivity index (χ0n) is 19.7. The molecule has 0 radical (unpaired) electrons. The molecule has 1 N–H and O–H groups in total. The van der Waals surface area contributed by atoms with Gasteiger partial charge in [0.05, 0.1) is 29.5 Å². The first-order valence-corrected chi connectivity index (χ1v) is 11.6. The number of amides is 1. The van der Waals surface area contributed by atoms with Crippen molar-refractivity contribution in [2.45, 2.75) is 32.4 Å². The second-order valence-corrected chi connectivity index (χ2v) is 8.37. The van der Waals surface area contributed by atoms with E-state index in [4.69, 9.17) is 4.74 Å². The van der Waals surface area contributed by atoms with E-state index in [1.807, 2.05) is 11.5 Å². The number of Topliss-reactive ketones (excluding diaryl/α,β-unsaturated/α-hetero) is 1. The van der Waals surface area contributed by atoms with Gasteiger partial charge in [-0.2, -0.15) is 0 Å². The van der Waals surface area contributed by atoms with Crippen LogP contribution in [0.1, 0.15) is 36.9 Å². The summed E-state index contributed by atoms with van der Waals surface area (Å²) in [6.45, 7) is 3.21. The van der Waals surface area contributed by atoms with Gasteiger partial charge in [-0.1, -0.05) is 31.2 Å². The number of ether oxygens (including phenoxy) is 1. The van der Waals surface area contributed by atoms with Gasteiger partial charge in [0.15, 0.2) is 0 Å². The fraction of sp³-hybridized carbons (Fsp3) is 0.269. The maximum Gasteiger partial charge on any atom is 0.295 e. The number of rotatable bonds is 10. The van der Waals surface area contributed by atoms with Crippen LogP contribution in [0.4, 0.5) is 5.69 Å². The summed E-state index contributed by atoms with van der Waals surface area (Å²) >= 11 is 0. The predicted octanol–water partition coefficient (Wildman–Crippen LogP) is 4.09. The highest BCUT2D eigenvalue weighted by Gasteiger charge is 2.46.